The Morgan fingerprint density at radius 2 is 2.10 bits per heavy atom. The molecule has 21 heavy (non-hydrogen) atoms. The number of likely N-dealkylation sites (tertiary alicyclic amines) is 1. The third-order valence-corrected chi connectivity index (χ3v) is 4.67. The van der Waals surface area contributed by atoms with Crippen LogP contribution in [0, 0.1) is 5.92 Å². The van der Waals surface area contributed by atoms with Crippen LogP contribution in [-0.2, 0) is 16.1 Å². The maximum atomic E-state index is 12.2. The topological polar surface area (TPSA) is 38.8 Å². The van der Waals surface area contributed by atoms with Crippen molar-refractivity contribution < 1.29 is 14.3 Å². The largest absolute Gasteiger partial charge is 0.445 e. The van der Waals surface area contributed by atoms with E-state index in [1.807, 2.05) is 30.3 Å². The molecule has 4 nitrogen and oxygen atoms in total. The Morgan fingerprint density at radius 3 is 2.67 bits per heavy atom. The molecule has 0 aliphatic carbocycles. The quantitative estimate of drug-likeness (QED) is 0.852. The van der Waals surface area contributed by atoms with Crippen molar-refractivity contribution in [2.24, 2.45) is 5.92 Å². The molecule has 1 aliphatic heterocycles. The van der Waals surface area contributed by atoms with Gasteiger partial charge in [0.05, 0.1) is 5.60 Å². The Hall–Kier alpha value is -1.55. The van der Waals surface area contributed by atoms with Crippen molar-refractivity contribution in [3.8, 4) is 0 Å². The smallest absolute Gasteiger partial charge is 0.410 e. The molecule has 1 aromatic carbocycles. The van der Waals surface area contributed by atoms with Gasteiger partial charge in [-0.2, -0.15) is 0 Å². The molecule has 2 rings (SSSR count). The summed E-state index contributed by atoms with van der Waals surface area (Å²) in [6, 6.07) is 9.76. The second-order valence-corrected chi connectivity index (χ2v) is 5.76. The summed E-state index contributed by atoms with van der Waals surface area (Å²) in [5.74, 6) is 0.311. The van der Waals surface area contributed by atoms with Gasteiger partial charge in [-0.05, 0) is 18.4 Å². The molecule has 116 valence electrons. The average Bonchev–Trinajstić information content (AvgIpc) is 2.54. The maximum Gasteiger partial charge on any atom is 0.410 e. The van der Waals surface area contributed by atoms with Crippen LogP contribution in [-0.4, -0.2) is 36.8 Å². The number of hydrogen-bond acceptors (Lipinski definition) is 3. The highest BCUT2D eigenvalue weighted by Gasteiger charge is 2.40. The zero-order valence-corrected chi connectivity index (χ0v) is 13.2. The molecule has 1 aromatic rings. The highest BCUT2D eigenvalue weighted by atomic mass is 16.6. The summed E-state index contributed by atoms with van der Waals surface area (Å²) < 4.78 is 11.1. The number of ether oxygens (including phenoxy) is 2. The Morgan fingerprint density at radius 1 is 1.38 bits per heavy atom. The number of piperidine rings is 1. The number of methoxy groups -OCH3 is 1. The second kappa shape index (κ2) is 6.94. The zero-order chi connectivity index (χ0) is 15.3. The van der Waals surface area contributed by atoms with Gasteiger partial charge in [-0.15, -0.1) is 0 Å². The van der Waals surface area contributed by atoms with Crippen LogP contribution >= 0.6 is 0 Å². The molecule has 1 aliphatic rings. The number of benzene rings is 1. The number of nitrogens with zero attached hydrogens (tertiary/aromatic N) is 1. The van der Waals surface area contributed by atoms with E-state index in [1.54, 1.807) is 12.0 Å². The molecule has 1 heterocycles. The van der Waals surface area contributed by atoms with Crippen LogP contribution in [0.15, 0.2) is 30.3 Å². The number of carbonyl (C=O) groups is 1. The fraction of sp³-hybridized carbons (Fsp3) is 0.588. The summed E-state index contributed by atoms with van der Waals surface area (Å²) in [5.41, 5.74) is 0.909. The fourth-order valence-electron chi connectivity index (χ4n) is 3.11. The van der Waals surface area contributed by atoms with Gasteiger partial charge in [-0.25, -0.2) is 4.79 Å². The van der Waals surface area contributed by atoms with Crippen LogP contribution < -0.4 is 0 Å². The third-order valence-electron chi connectivity index (χ3n) is 4.67. The summed E-state index contributed by atoms with van der Waals surface area (Å²) in [4.78, 5) is 14.0. The molecule has 0 aromatic heterocycles. The summed E-state index contributed by atoms with van der Waals surface area (Å²) >= 11 is 0. The maximum absolute atomic E-state index is 12.2. The summed E-state index contributed by atoms with van der Waals surface area (Å²) in [5, 5.41) is 0. The first-order valence-corrected chi connectivity index (χ1v) is 7.62. The summed E-state index contributed by atoms with van der Waals surface area (Å²) in [6.07, 6.45) is 1.60. The van der Waals surface area contributed by atoms with Gasteiger partial charge in [0.1, 0.15) is 6.61 Å². The van der Waals surface area contributed by atoms with Crippen LogP contribution in [0.25, 0.3) is 0 Å². The molecule has 2 atom stereocenters. The van der Waals surface area contributed by atoms with E-state index in [4.69, 9.17) is 9.47 Å². The number of amides is 1. The molecule has 0 saturated carbocycles. The molecular formula is C17H25NO3. The lowest BCUT2D eigenvalue weighted by atomic mass is 9.80. The van der Waals surface area contributed by atoms with E-state index in [2.05, 4.69) is 13.8 Å². The molecule has 2 unspecified atom stereocenters. The Labute approximate surface area is 127 Å². The van der Waals surface area contributed by atoms with Crippen molar-refractivity contribution in [3.05, 3.63) is 35.9 Å². The lowest BCUT2D eigenvalue weighted by molar-refractivity contribution is -0.0944. The van der Waals surface area contributed by atoms with Gasteiger partial charge < -0.3 is 14.4 Å². The van der Waals surface area contributed by atoms with Gasteiger partial charge in [-0.1, -0.05) is 44.2 Å². The van der Waals surface area contributed by atoms with Crippen LogP contribution in [0.3, 0.4) is 0 Å². The molecule has 0 spiro atoms. The molecule has 0 N–H and O–H groups in total. The first-order valence-electron chi connectivity index (χ1n) is 7.62. The van der Waals surface area contributed by atoms with Crippen molar-refractivity contribution in [3.63, 3.8) is 0 Å². The van der Waals surface area contributed by atoms with Crippen LogP contribution in [0.5, 0.6) is 0 Å². The molecule has 1 fully saturated rings. The van der Waals surface area contributed by atoms with E-state index in [0.717, 1.165) is 18.4 Å². The number of carbonyl (C=O) groups excluding carboxylic acids is 1. The predicted molar refractivity (Wildman–Crippen MR) is 82.0 cm³/mol. The van der Waals surface area contributed by atoms with Crippen LogP contribution in [0.1, 0.15) is 32.3 Å². The molecule has 0 radical (unpaired) electrons. The van der Waals surface area contributed by atoms with E-state index in [9.17, 15) is 4.79 Å². The van der Waals surface area contributed by atoms with Gasteiger partial charge in [0.2, 0.25) is 0 Å². The van der Waals surface area contributed by atoms with Gasteiger partial charge in [0.15, 0.2) is 0 Å². The zero-order valence-electron chi connectivity index (χ0n) is 13.2. The average molecular weight is 291 g/mol. The molecule has 0 bridgehead atoms. The fourth-order valence-corrected chi connectivity index (χ4v) is 3.11. The highest BCUT2D eigenvalue weighted by molar-refractivity contribution is 5.67. The third kappa shape index (κ3) is 3.56. The minimum Gasteiger partial charge on any atom is -0.445 e. The van der Waals surface area contributed by atoms with Crippen LogP contribution in [0.2, 0.25) is 0 Å². The van der Waals surface area contributed by atoms with Gasteiger partial charge in [0, 0.05) is 26.1 Å². The first kappa shape index (κ1) is 15.8. The van der Waals surface area contributed by atoms with Crippen LogP contribution in [0.4, 0.5) is 4.79 Å². The summed E-state index contributed by atoms with van der Waals surface area (Å²) in [7, 11) is 1.77. The van der Waals surface area contributed by atoms with E-state index < -0.39 is 0 Å². The van der Waals surface area contributed by atoms with Crippen molar-refractivity contribution in [1.29, 1.82) is 0 Å². The normalized spacial score (nSPS) is 25.7. The van der Waals surface area contributed by atoms with Crippen molar-refractivity contribution in [1.82, 2.24) is 4.90 Å². The number of rotatable bonds is 4. The minimum atomic E-state index is -0.230. The van der Waals surface area contributed by atoms with Gasteiger partial charge >= 0.3 is 6.09 Å². The van der Waals surface area contributed by atoms with Crippen molar-refractivity contribution >= 4 is 6.09 Å². The SMILES string of the molecule is CCC1(OC)CCN(C(=O)OCc2ccccc2)CC1C. The first-order chi connectivity index (χ1) is 10.1. The Kier molecular flexibility index (Phi) is 5.23. The highest BCUT2D eigenvalue weighted by Crippen LogP contribution is 2.34. The molecule has 1 saturated heterocycles. The Balaban J connectivity index is 1.87. The van der Waals surface area contributed by atoms with Gasteiger partial charge in [0.25, 0.3) is 0 Å². The van der Waals surface area contributed by atoms with E-state index >= 15 is 0 Å². The second-order valence-electron chi connectivity index (χ2n) is 5.76. The summed E-state index contributed by atoms with van der Waals surface area (Å²) in [6.45, 7) is 6.00. The number of hydrogen-bond donors (Lipinski definition) is 0. The minimum absolute atomic E-state index is 0.101. The van der Waals surface area contributed by atoms with Crippen molar-refractivity contribution in [2.75, 3.05) is 20.2 Å². The molecular weight excluding hydrogens is 266 g/mol. The van der Waals surface area contributed by atoms with Crippen molar-refractivity contribution in [2.45, 2.75) is 38.9 Å². The lowest BCUT2D eigenvalue weighted by Crippen LogP contribution is -2.53. The monoisotopic (exact) mass is 291 g/mol. The standard InChI is InChI=1S/C17H25NO3/c1-4-17(20-3)10-11-18(12-14(17)2)16(19)21-13-15-8-6-5-7-9-15/h5-9,14H,4,10-13H2,1-3H3. The molecule has 1 amide bonds. The van der Waals surface area contributed by atoms with Gasteiger partial charge in [-0.3, -0.25) is 0 Å². The molecule has 4 heteroatoms. The van der Waals surface area contributed by atoms with E-state index in [0.29, 0.717) is 25.6 Å². The van der Waals surface area contributed by atoms with E-state index in [-0.39, 0.29) is 11.7 Å². The van der Waals surface area contributed by atoms with E-state index in [1.165, 1.54) is 0 Å². The Bertz CT molecular complexity index is 456. The lowest BCUT2D eigenvalue weighted by Gasteiger charge is -2.44. The predicted octanol–water partition coefficient (Wildman–Crippen LogP) is 3.46.